The second kappa shape index (κ2) is 6.45. The second-order valence-corrected chi connectivity index (χ2v) is 5.56. The monoisotopic (exact) mass is 322 g/mol. The van der Waals surface area contributed by atoms with E-state index in [0.29, 0.717) is 23.5 Å². The van der Waals surface area contributed by atoms with Gasteiger partial charge in [-0.15, -0.1) is 0 Å². The Hall–Kier alpha value is -3.28. The van der Waals surface area contributed by atoms with Gasteiger partial charge in [0.2, 0.25) is 0 Å². The normalized spacial score (nSPS) is 10.5. The van der Waals surface area contributed by atoms with Crippen LogP contribution in [0.1, 0.15) is 21.6 Å². The van der Waals surface area contributed by atoms with Crippen LogP contribution < -0.4 is 16.7 Å². The van der Waals surface area contributed by atoms with Crippen molar-refractivity contribution in [1.29, 1.82) is 0 Å². The number of hydrogen-bond donors (Lipinski definition) is 3. The molecule has 0 saturated carbocycles. The maximum atomic E-state index is 12.3. The Labute approximate surface area is 138 Å². The predicted molar refractivity (Wildman–Crippen MR) is 94.1 cm³/mol. The summed E-state index contributed by atoms with van der Waals surface area (Å²) in [4.78, 5) is 26.6. The van der Waals surface area contributed by atoms with E-state index in [4.69, 9.17) is 5.73 Å². The van der Waals surface area contributed by atoms with Crippen LogP contribution in [0, 0.1) is 6.92 Å². The van der Waals surface area contributed by atoms with E-state index >= 15 is 0 Å². The van der Waals surface area contributed by atoms with Gasteiger partial charge < -0.3 is 16.0 Å². The standard InChI is InChI=1S/C18H18N4O2/c1-12-10-20-18(24)22(12)11-13-6-8-14(9-7-13)17(23)21-16-5-3-2-4-15(16)19/h2-10H,11,19H2,1H3,(H,20,24)(H,21,23). The smallest absolute Gasteiger partial charge is 0.326 e. The Kier molecular flexibility index (Phi) is 4.20. The molecule has 0 spiro atoms. The molecule has 0 bridgehead atoms. The highest BCUT2D eigenvalue weighted by Gasteiger charge is 2.08. The second-order valence-electron chi connectivity index (χ2n) is 5.56. The van der Waals surface area contributed by atoms with Crippen LogP contribution in [0.3, 0.4) is 0 Å². The number of anilines is 2. The zero-order chi connectivity index (χ0) is 17.1. The molecule has 0 aliphatic carbocycles. The predicted octanol–water partition coefficient (Wildman–Crippen LogP) is 2.37. The van der Waals surface area contributed by atoms with E-state index in [1.165, 1.54) is 0 Å². The van der Waals surface area contributed by atoms with Crippen LogP contribution in [0.2, 0.25) is 0 Å². The molecular formula is C18H18N4O2. The highest BCUT2D eigenvalue weighted by Crippen LogP contribution is 2.18. The number of H-pyrrole nitrogens is 1. The van der Waals surface area contributed by atoms with E-state index in [9.17, 15) is 9.59 Å². The van der Waals surface area contributed by atoms with Crippen LogP contribution >= 0.6 is 0 Å². The number of hydrogen-bond acceptors (Lipinski definition) is 3. The van der Waals surface area contributed by atoms with Gasteiger partial charge in [0.05, 0.1) is 17.9 Å². The fraction of sp³-hybridized carbons (Fsp3) is 0.111. The van der Waals surface area contributed by atoms with E-state index in [0.717, 1.165) is 11.3 Å². The van der Waals surface area contributed by atoms with Gasteiger partial charge in [-0.05, 0) is 36.8 Å². The molecule has 0 aliphatic rings. The van der Waals surface area contributed by atoms with Crippen molar-refractivity contribution in [2.45, 2.75) is 13.5 Å². The van der Waals surface area contributed by atoms with Gasteiger partial charge in [0, 0.05) is 17.5 Å². The number of nitrogens with two attached hydrogens (primary N) is 1. The fourth-order valence-electron chi connectivity index (χ4n) is 2.43. The minimum atomic E-state index is -0.227. The van der Waals surface area contributed by atoms with Crippen molar-refractivity contribution >= 4 is 17.3 Å². The van der Waals surface area contributed by atoms with Crippen molar-refractivity contribution in [3.63, 3.8) is 0 Å². The van der Waals surface area contributed by atoms with E-state index < -0.39 is 0 Å². The highest BCUT2D eigenvalue weighted by molar-refractivity contribution is 6.05. The molecule has 0 fully saturated rings. The maximum Gasteiger partial charge on any atom is 0.326 e. The van der Waals surface area contributed by atoms with Crippen molar-refractivity contribution in [3.05, 3.63) is 82.0 Å². The number of aryl methyl sites for hydroxylation is 1. The lowest BCUT2D eigenvalue weighted by Crippen LogP contribution is -2.18. The maximum absolute atomic E-state index is 12.3. The van der Waals surface area contributed by atoms with Crippen LogP contribution in [0.25, 0.3) is 0 Å². The molecule has 3 rings (SSSR count). The molecule has 24 heavy (non-hydrogen) atoms. The first-order valence-corrected chi connectivity index (χ1v) is 7.54. The van der Waals surface area contributed by atoms with Gasteiger partial charge in [0.25, 0.3) is 5.91 Å². The van der Waals surface area contributed by atoms with Crippen molar-refractivity contribution < 1.29 is 4.79 Å². The van der Waals surface area contributed by atoms with Crippen LogP contribution in [-0.4, -0.2) is 15.5 Å². The molecule has 1 amide bonds. The molecule has 0 atom stereocenters. The summed E-state index contributed by atoms with van der Waals surface area (Å²) in [6.07, 6.45) is 1.68. The van der Waals surface area contributed by atoms with E-state index in [1.54, 1.807) is 35.0 Å². The summed E-state index contributed by atoms with van der Waals surface area (Å²) in [5, 5.41) is 2.79. The number of para-hydroxylation sites is 2. The minimum Gasteiger partial charge on any atom is -0.397 e. The number of nitrogens with zero attached hydrogens (tertiary/aromatic N) is 1. The van der Waals surface area contributed by atoms with Crippen molar-refractivity contribution in [2.24, 2.45) is 0 Å². The first kappa shape index (κ1) is 15.6. The first-order valence-electron chi connectivity index (χ1n) is 7.54. The number of nitrogen functional groups attached to an aromatic ring is 1. The zero-order valence-electron chi connectivity index (χ0n) is 13.2. The number of imidazole rings is 1. The number of aromatic nitrogens is 2. The molecule has 6 heteroatoms. The van der Waals surface area contributed by atoms with Crippen LogP contribution in [0.15, 0.2) is 59.5 Å². The van der Waals surface area contributed by atoms with E-state index in [-0.39, 0.29) is 11.6 Å². The van der Waals surface area contributed by atoms with Gasteiger partial charge in [-0.1, -0.05) is 24.3 Å². The topological polar surface area (TPSA) is 92.9 Å². The van der Waals surface area contributed by atoms with Gasteiger partial charge >= 0.3 is 5.69 Å². The van der Waals surface area contributed by atoms with Crippen molar-refractivity contribution in [1.82, 2.24) is 9.55 Å². The molecule has 3 aromatic rings. The molecule has 1 aromatic heterocycles. The molecule has 4 N–H and O–H groups in total. The summed E-state index contributed by atoms with van der Waals surface area (Å²) in [6, 6.07) is 14.2. The highest BCUT2D eigenvalue weighted by atomic mass is 16.2. The van der Waals surface area contributed by atoms with Crippen molar-refractivity contribution in [2.75, 3.05) is 11.1 Å². The Balaban J connectivity index is 1.73. The number of rotatable bonds is 4. The number of nitrogens with one attached hydrogen (secondary N) is 2. The van der Waals surface area contributed by atoms with E-state index in [2.05, 4.69) is 10.3 Å². The molecule has 0 radical (unpaired) electrons. The number of amides is 1. The molecule has 2 aromatic carbocycles. The molecule has 1 heterocycles. The third-order valence-electron chi connectivity index (χ3n) is 3.84. The lowest BCUT2D eigenvalue weighted by molar-refractivity contribution is 0.102. The summed E-state index contributed by atoms with van der Waals surface area (Å²) in [5.41, 5.74) is 9.11. The van der Waals surface area contributed by atoms with Gasteiger partial charge in [-0.3, -0.25) is 9.36 Å². The SMILES string of the molecule is Cc1c[nH]c(=O)n1Cc1ccc(C(=O)Nc2ccccc2N)cc1. The molecule has 122 valence electrons. The largest absolute Gasteiger partial charge is 0.397 e. The molecule has 0 aliphatic heterocycles. The van der Waals surface area contributed by atoms with Gasteiger partial charge in [0.1, 0.15) is 0 Å². The Morgan fingerprint density at radius 3 is 2.50 bits per heavy atom. The fourth-order valence-corrected chi connectivity index (χ4v) is 2.43. The van der Waals surface area contributed by atoms with E-state index in [1.807, 2.05) is 31.2 Å². The summed E-state index contributed by atoms with van der Waals surface area (Å²) < 4.78 is 1.64. The lowest BCUT2D eigenvalue weighted by atomic mass is 10.1. The number of carbonyl (C=O) groups is 1. The Morgan fingerprint density at radius 2 is 1.88 bits per heavy atom. The lowest BCUT2D eigenvalue weighted by Gasteiger charge is -2.09. The number of carbonyl (C=O) groups excluding carboxylic acids is 1. The van der Waals surface area contributed by atoms with Crippen LogP contribution in [0.4, 0.5) is 11.4 Å². The molecule has 0 unspecified atom stereocenters. The van der Waals surface area contributed by atoms with Gasteiger partial charge in [-0.25, -0.2) is 4.79 Å². The van der Waals surface area contributed by atoms with Crippen LogP contribution in [-0.2, 0) is 6.54 Å². The third kappa shape index (κ3) is 3.22. The summed E-state index contributed by atoms with van der Waals surface area (Å²) in [5.74, 6) is -0.227. The Morgan fingerprint density at radius 1 is 1.17 bits per heavy atom. The number of aromatic amines is 1. The summed E-state index contributed by atoms with van der Waals surface area (Å²) >= 11 is 0. The third-order valence-corrected chi connectivity index (χ3v) is 3.84. The van der Waals surface area contributed by atoms with Crippen LogP contribution in [0.5, 0.6) is 0 Å². The summed E-state index contributed by atoms with van der Waals surface area (Å²) in [7, 11) is 0. The molecule has 6 nitrogen and oxygen atoms in total. The summed E-state index contributed by atoms with van der Waals surface area (Å²) in [6.45, 7) is 2.33. The van der Waals surface area contributed by atoms with Gasteiger partial charge in [0.15, 0.2) is 0 Å². The average molecular weight is 322 g/mol. The van der Waals surface area contributed by atoms with Crippen molar-refractivity contribution in [3.8, 4) is 0 Å². The molecule has 0 saturated heterocycles. The Bertz CT molecular complexity index is 923. The quantitative estimate of drug-likeness (QED) is 0.644. The van der Waals surface area contributed by atoms with Gasteiger partial charge in [-0.2, -0.15) is 0 Å². The average Bonchev–Trinajstić information content (AvgIpc) is 2.89. The zero-order valence-corrected chi connectivity index (χ0v) is 13.2. The number of benzene rings is 2. The first-order chi connectivity index (χ1) is 11.5. The minimum absolute atomic E-state index is 0.145. The molecular weight excluding hydrogens is 304 g/mol.